The molecular formula is C14H29NO2. The monoisotopic (exact) mass is 243 g/mol. The van der Waals surface area contributed by atoms with Gasteiger partial charge in [-0.25, -0.2) is 0 Å². The van der Waals surface area contributed by atoms with Crippen molar-refractivity contribution in [3.8, 4) is 0 Å². The molecule has 0 aromatic rings. The van der Waals surface area contributed by atoms with Crippen LogP contribution in [-0.4, -0.2) is 38.0 Å². The Balaban J connectivity index is 2.02. The molecule has 0 spiro atoms. The third kappa shape index (κ3) is 7.02. The Morgan fingerprint density at radius 3 is 2.94 bits per heavy atom. The van der Waals surface area contributed by atoms with Crippen LogP contribution >= 0.6 is 0 Å². The van der Waals surface area contributed by atoms with Crippen molar-refractivity contribution in [1.29, 1.82) is 0 Å². The van der Waals surface area contributed by atoms with Crippen LogP contribution in [0.1, 0.15) is 52.9 Å². The minimum Gasteiger partial charge on any atom is -0.379 e. The quantitative estimate of drug-likeness (QED) is 0.665. The fourth-order valence-electron chi connectivity index (χ4n) is 2.29. The molecule has 1 heterocycles. The van der Waals surface area contributed by atoms with E-state index in [2.05, 4.69) is 26.1 Å². The maximum absolute atomic E-state index is 5.74. The van der Waals surface area contributed by atoms with Gasteiger partial charge in [0, 0.05) is 19.3 Å². The number of rotatable bonds is 8. The molecule has 2 atom stereocenters. The number of hydrogen-bond acceptors (Lipinski definition) is 3. The molecule has 17 heavy (non-hydrogen) atoms. The smallest absolute Gasteiger partial charge is 0.0589 e. The molecule has 1 aliphatic rings. The third-order valence-electron chi connectivity index (χ3n) is 3.18. The van der Waals surface area contributed by atoms with Gasteiger partial charge in [0.15, 0.2) is 0 Å². The molecule has 0 bridgehead atoms. The molecule has 0 aliphatic carbocycles. The van der Waals surface area contributed by atoms with E-state index in [9.17, 15) is 0 Å². The molecule has 1 fully saturated rings. The van der Waals surface area contributed by atoms with E-state index in [1.807, 2.05) is 0 Å². The molecule has 0 aromatic heterocycles. The lowest BCUT2D eigenvalue weighted by atomic mass is 10.00. The normalized spacial score (nSPS) is 25.4. The molecule has 2 unspecified atom stereocenters. The average Bonchev–Trinajstić information content (AvgIpc) is 2.29. The lowest BCUT2D eigenvalue weighted by Crippen LogP contribution is -2.39. The Morgan fingerprint density at radius 2 is 2.24 bits per heavy atom. The van der Waals surface area contributed by atoms with Crippen LogP contribution in [0.3, 0.4) is 0 Å². The zero-order valence-electron chi connectivity index (χ0n) is 11.7. The zero-order chi connectivity index (χ0) is 12.5. The van der Waals surface area contributed by atoms with E-state index in [1.165, 1.54) is 19.3 Å². The Morgan fingerprint density at radius 1 is 1.41 bits per heavy atom. The Labute approximate surface area is 106 Å². The number of hydrogen-bond donors (Lipinski definition) is 1. The predicted molar refractivity (Wildman–Crippen MR) is 71.4 cm³/mol. The van der Waals surface area contributed by atoms with Crippen molar-refractivity contribution in [1.82, 2.24) is 5.32 Å². The van der Waals surface area contributed by atoms with E-state index in [0.717, 1.165) is 32.6 Å². The van der Waals surface area contributed by atoms with Crippen molar-refractivity contribution in [2.24, 2.45) is 0 Å². The highest BCUT2D eigenvalue weighted by molar-refractivity contribution is 4.76. The average molecular weight is 243 g/mol. The summed E-state index contributed by atoms with van der Waals surface area (Å²) in [4.78, 5) is 0. The summed E-state index contributed by atoms with van der Waals surface area (Å²) in [7, 11) is 0. The summed E-state index contributed by atoms with van der Waals surface area (Å²) in [5, 5.41) is 3.62. The Kier molecular flexibility index (Phi) is 7.82. The molecule has 3 heteroatoms. The molecule has 102 valence electrons. The summed E-state index contributed by atoms with van der Waals surface area (Å²) in [5.41, 5.74) is 0. The SMILES string of the molecule is CCCC1CC(NCCCOC(C)C)CCO1. The Bertz CT molecular complexity index is 183. The largest absolute Gasteiger partial charge is 0.379 e. The topological polar surface area (TPSA) is 30.5 Å². The van der Waals surface area contributed by atoms with E-state index >= 15 is 0 Å². The molecule has 3 nitrogen and oxygen atoms in total. The molecule has 0 amide bonds. The molecule has 0 aromatic carbocycles. The second kappa shape index (κ2) is 8.90. The third-order valence-corrected chi connectivity index (χ3v) is 3.18. The van der Waals surface area contributed by atoms with Crippen molar-refractivity contribution < 1.29 is 9.47 Å². The van der Waals surface area contributed by atoms with Gasteiger partial charge < -0.3 is 14.8 Å². The first-order chi connectivity index (χ1) is 8.22. The summed E-state index contributed by atoms with van der Waals surface area (Å²) < 4.78 is 11.3. The minimum absolute atomic E-state index is 0.354. The first-order valence-corrected chi connectivity index (χ1v) is 7.19. The summed E-state index contributed by atoms with van der Waals surface area (Å²) in [6, 6.07) is 0.652. The van der Waals surface area contributed by atoms with Gasteiger partial charge in [-0.05, 0) is 46.1 Å². The predicted octanol–water partition coefficient (Wildman–Crippen LogP) is 2.74. The van der Waals surface area contributed by atoms with E-state index in [1.54, 1.807) is 0 Å². The van der Waals surface area contributed by atoms with Gasteiger partial charge in [-0.15, -0.1) is 0 Å². The van der Waals surface area contributed by atoms with Crippen LogP contribution in [0.15, 0.2) is 0 Å². The van der Waals surface area contributed by atoms with Crippen molar-refractivity contribution in [2.75, 3.05) is 19.8 Å². The zero-order valence-corrected chi connectivity index (χ0v) is 11.7. The van der Waals surface area contributed by atoms with E-state index in [0.29, 0.717) is 18.2 Å². The highest BCUT2D eigenvalue weighted by atomic mass is 16.5. The summed E-state index contributed by atoms with van der Waals surface area (Å²) in [6.45, 7) is 9.25. The molecule has 1 N–H and O–H groups in total. The number of ether oxygens (including phenoxy) is 2. The van der Waals surface area contributed by atoms with Crippen LogP contribution in [0.4, 0.5) is 0 Å². The van der Waals surface area contributed by atoms with Gasteiger partial charge in [0.05, 0.1) is 12.2 Å². The molecule has 1 saturated heterocycles. The van der Waals surface area contributed by atoms with Crippen LogP contribution in [0.2, 0.25) is 0 Å². The first kappa shape index (κ1) is 14.9. The fraction of sp³-hybridized carbons (Fsp3) is 1.00. The van der Waals surface area contributed by atoms with Gasteiger partial charge in [0.2, 0.25) is 0 Å². The van der Waals surface area contributed by atoms with Crippen molar-refractivity contribution >= 4 is 0 Å². The van der Waals surface area contributed by atoms with Gasteiger partial charge in [-0.2, -0.15) is 0 Å². The molecule has 1 rings (SSSR count). The summed E-state index contributed by atoms with van der Waals surface area (Å²) >= 11 is 0. The van der Waals surface area contributed by atoms with Crippen LogP contribution in [0.25, 0.3) is 0 Å². The van der Waals surface area contributed by atoms with Crippen LogP contribution in [-0.2, 0) is 9.47 Å². The molecule has 0 radical (unpaired) electrons. The lowest BCUT2D eigenvalue weighted by Gasteiger charge is -2.30. The fourth-order valence-corrected chi connectivity index (χ4v) is 2.29. The maximum atomic E-state index is 5.74. The first-order valence-electron chi connectivity index (χ1n) is 7.19. The molecule has 1 aliphatic heterocycles. The maximum Gasteiger partial charge on any atom is 0.0589 e. The van der Waals surface area contributed by atoms with Crippen molar-refractivity contribution in [2.45, 2.75) is 71.1 Å². The van der Waals surface area contributed by atoms with Crippen LogP contribution < -0.4 is 5.32 Å². The second-order valence-corrected chi connectivity index (χ2v) is 5.23. The van der Waals surface area contributed by atoms with Crippen molar-refractivity contribution in [3.05, 3.63) is 0 Å². The lowest BCUT2D eigenvalue weighted by molar-refractivity contribution is -0.00363. The minimum atomic E-state index is 0.354. The van der Waals surface area contributed by atoms with Gasteiger partial charge in [-0.1, -0.05) is 13.3 Å². The molecule has 0 saturated carbocycles. The highest BCUT2D eigenvalue weighted by Gasteiger charge is 2.20. The van der Waals surface area contributed by atoms with E-state index < -0.39 is 0 Å². The second-order valence-electron chi connectivity index (χ2n) is 5.23. The van der Waals surface area contributed by atoms with Gasteiger partial charge in [0.25, 0.3) is 0 Å². The van der Waals surface area contributed by atoms with Gasteiger partial charge in [0.1, 0.15) is 0 Å². The summed E-state index contributed by atoms with van der Waals surface area (Å²) in [6.07, 6.45) is 6.71. The highest BCUT2D eigenvalue weighted by Crippen LogP contribution is 2.17. The van der Waals surface area contributed by atoms with E-state index in [4.69, 9.17) is 9.47 Å². The van der Waals surface area contributed by atoms with Gasteiger partial charge in [-0.3, -0.25) is 0 Å². The van der Waals surface area contributed by atoms with Crippen LogP contribution in [0, 0.1) is 0 Å². The summed E-state index contributed by atoms with van der Waals surface area (Å²) in [5.74, 6) is 0. The van der Waals surface area contributed by atoms with E-state index in [-0.39, 0.29) is 0 Å². The Hall–Kier alpha value is -0.120. The van der Waals surface area contributed by atoms with Gasteiger partial charge >= 0.3 is 0 Å². The van der Waals surface area contributed by atoms with Crippen molar-refractivity contribution in [3.63, 3.8) is 0 Å². The van der Waals surface area contributed by atoms with Crippen LogP contribution in [0.5, 0.6) is 0 Å². The molecular weight excluding hydrogens is 214 g/mol. The number of nitrogens with one attached hydrogen (secondary N) is 1. The standard InChI is InChI=1S/C14H29NO2/c1-4-6-14-11-13(7-10-17-14)15-8-5-9-16-12(2)3/h12-15H,4-11H2,1-3H3.